The zero-order chi connectivity index (χ0) is 14.1. The maximum Gasteiger partial charge on any atom is 0.209 e. The zero-order valence-corrected chi connectivity index (χ0v) is 11.7. The van der Waals surface area contributed by atoms with Gasteiger partial charge in [-0.2, -0.15) is 5.10 Å². The maximum atomic E-state index is 5.83. The van der Waals surface area contributed by atoms with Gasteiger partial charge in [-0.25, -0.2) is 9.97 Å². The summed E-state index contributed by atoms with van der Waals surface area (Å²) in [4.78, 5) is 11.0. The van der Waals surface area contributed by atoms with Crippen molar-refractivity contribution >= 4 is 11.1 Å². The largest absolute Gasteiger partial charge is 0.439 e. The van der Waals surface area contributed by atoms with Gasteiger partial charge < -0.3 is 4.42 Å². The number of hydrogen-bond donors (Lipinski definition) is 0. The van der Waals surface area contributed by atoms with Crippen LogP contribution in [0.2, 0.25) is 0 Å². The third-order valence-electron chi connectivity index (χ3n) is 4.04. The van der Waals surface area contributed by atoms with Crippen LogP contribution in [0.25, 0.3) is 11.1 Å². The SMILES string of the molecule is c1ccc2oc(CN3CCCC3Cn3cncn3)nc2c1. The third-order valence-corrected chi connectivity index (χ3v) is 4.04. The molecule has 21 heavy (non-hydrogen) atoms. The lowest BCUT2D eigenvalue weighted by Crippen LogP contribution is -2.32. The van der Waals surface area contributed by atoms with Crippen LogP contribution in [0.3, 0.4) is 0 Å². The van der Waals surface area contributed by atoms with E-state index in [1.165, 1.54) is 12.8 Å². The van der Waals surface area contributed by atoms with Crippen LogP contribution < -0.4 is 0 Å². The normalized spacial score (nSPS) is 19.5. The summed E-state index contributed by atoms with van der Waals surface area (Å²) in [6.07, 6.45) is 5.75. The molecule has 0 radical (unpaired) electrons. The second-order valence-corrected chi connectivity index (χ2v) is 5.46. The second-order valence-electron chi connectivity index (χ2n) is 5.46. The summed E-state index contributed by atoms with van der Waals surface area (Å²) >= 11 is 0. The number of oxazole rings is 1. The Morgan fingerprint density at radius 3 is 3.10 bits per heavy atom. The molecule has 1 atom stereocenters. The minimum Gasteiger partial charge on any atom is -0.439 e. The minimum absolute atomic E-state index is 0.474. The second kappa shape index (κ2) is 5.29. The molecule has 0 spiro atoms. The highest BCUT2D eigenvalue weighted by Gasteiger charge is 2.26. The van der Waals surface area contributed by atoms with E-state index in [4.69, 9.17) is 4.42 Å². The van der Waals surface area contributed by atoms with Gasteiger partial charge in [-0.3, -0.25) is 9.58 Å². The fraction of sp³-hybridized carbons (Fsp3) is 0.400. The molecule has 1 saturated heterocycles. The van der Waals surface area contributed by atoms with Gasteiger partial charge in [-0.15, -0.1) is 0 Å². The zero-order valence-electron chi connectivity index (χ0n) is 11.7. The van der Waals surface area contributed by atoms with E-state index >= 15 is 0 Å². The highest BCUT2D eigenvalue weighted by molar-refractivity contribution is 5.72. The van der Waals surface area contributed by atoms with Crippen LogP contribution in [-0.4, -0.2) is 37.2 Å². The van der Waals surface area contributed by atoms with Gasteiger partial charge in [-0.05, 0) is 31.5 Å². The molecule has 4 rings (SSSR count). The highest BCUT2D eigenvalue weighted by Crippen LogP contribution is 2.23. The summed E-state index contributed by atoms with van der Waals surface area (Å²) in [7, 11) is 0. The van der Waals surface area contributed by atoms with Crippen molar-refractivity contribution < 1.29 is 4.42 Å². The molecule has 0 N–H and O–H groups in total. The molecular weight excluding hydrogens is 266 g/mol. The number of para-hydroxylation sites is 2. The molecule has 6 heteroatoms. The molecule has 0 aliphatic carbocycles. The van der Waals surface area contributed by atoms with Crippen molar-refractivity contribution in [3.8, 4) is 0 Å². The van der Waals surface area contributed by atoms with Gasteiger partial charge in [0.15, 0.2) is 5.58 Å². The van der Waals surface area contributed by atoms with Gasteiger partial charge >= 0.3 is 0 Å². The number of benzene rings is 1. The average molecular weight is 283 g/mol. The molecule has 3 aromatic rings. The van der Waals surface area contributed by atoms with Crippen LogP contribution in [0.15, 0.2) is 41.3 Å². The molecule has 2 aromatic heterocycles. The van der Waals surface area contributed by atoms with E-state index in [1.54, 1.807) is 12.7 Å². The van der Waals surface area contributed by atoms with Crippen molar-refractivity contribution in [3.63, 3.8) is 0 Å². The lowest BCUT2D eigenvalue weighted by Gasteiger charge is -2.22. The first-order valence-corrected chi connectivity index (χ1v) is 7.29. The molecule has 3 heterocycles. The third kappa shape index (κ3) is 2.54. The Labute approximate surface area is 122 Å². The summed E-state index contributed by atoms with van der Waals surface area (Å²) in [5, 5.41) is 4.20. The summed E-state index contributed by atoms with van der Waals surface area (Å²) in [5.74, 6) is 0.793. The predicted octanol–water partition coefficient (Wildman–Crippen LogP) is 2.08. The molecular formula is C15H17N5O. The Bertz CT molecular complexity index is 688. The standard InChI is InChI=1S/C15H17N5O/c1-2-6-14-13(5-1)18-15(21-14)9-19-7-3-4-12(19)8-20-11-16-10-17-20/h1-2,5-6,10-12H,3-4,7-9H2. The molecule has 1 aliphatic heterocycles. The number of likely N-dealkylation sites (tertiary alicyclic amines) is 1. The van der Waals surface area contributed by atoms with Crippen molar-refractivity contribution in [2.45, 2.75) is 32.0 Å². The number of nitrogens with zero attached hydrogens (tertiary/aromatic N) is 5. The molecule has 1 aliphatic rings. The molecule has 1 unspecified atom stereocenters. The first-order valence-electron chi connectivity index (χ1n) is 7.29. The van der Waals surface area contributed by atoms with Crippen molar-refractivity contribution in [1.29, 1.82) is 0 Å². The smallest absolute Gasteiger partial charge is 0.209 e. The number of fused-ring (bicyclic) bond motifs is 1. The van der Waals surface area contributed by atoms with E-state index in [9.17, 15) is 0 Å². The van der Waals surface area contributed by atoms with Crippen molar-refractivity contribution in [3.05, 3.63) is 42.8 Å². The summed E-state index contributed by atoms with van der Waals surface area (Å²) < 4.78 is 7.72. The van der Waals surface area contributed by atoms with Gasteiger partial charge in [0.1, 0.15) is 18.2 Å². The Morgan fingerprint density at radius 1 is 1.29 bits per heavy atom. The average Bonchev–Trinajstić information content (AvgIpc) is 3.21. The van der Waals surface area contributed by atoms with Crippen molar-refractivity contribution in [2.24, 2.45) is 0 Å². The van der Waals surface area contributed by atoms with E-state index in [-0.39, 0.29) is 0 Å². The molecule has 108 valence electrons. The number of hydrogen-bond acceptors (Lipinski definition) is 5. The molecule has 1 aromatic carbocycles. The molecule has 0 saturated carbocycles. The Balaban J connectivity index is 1.49. The van der Waals surface area contributed by atoms with Gasteiger partial charge in [0.2, 0.25) is 5.89 Å². The number of aromatic nitrogens is 4. The first kappa shape index (κ1) is 12.5. The van der Waals surface area contributed by atoms with Crippen LogP contribution in [0, 0.1) is 0 Å². The van der Waals surface area contributed by atoms with E-state index in [0.717, 1.165) is 36.6 Å². The fourth-order valence-corrected chi connectivity index (χ4v) is 3.01. The van der Waals surface area contributed by atoms with E-state index in [1.807, 2.05) is 28.9 Å². The molecule has 0 bridgehead atoms. The Morgan fingerprint density at radius 2 is 2.24 bits per heavy atom. The van der Waals surface area contributed by atoms with Gasteiger partial charge in [0.25, 0.3) is 0 Å². The van der Waals surface area contributed by atoms with E-state index in [0.29, 0.717) is 6.04 Å². The summed E-state index contributed by atoms with van der Waals surface area (Å²) in [6, 6.07) is 8.38. The van der Waals surface area contributed by atoms with Crippen LogP contribution in [0.4, 0.5) is 0 Å². The highest BCUT2D eigenvalue weighted by atomic mass is 16.3. The predicted molar refractivity (Wildman–Crippen MR) is 77.5 cm³/mol. The van der Waals surface area contributed by atoms with Gasteiger partial charge in [-0.1, -0.05) is 12.1 Å². The Kier molecular flexibility index (Phi) is 3.16. The quantitative estimate of drug-likeness (QED) is 0.733. The van der Waals surface area contributed by atoms with Crippen LogP contribution in [0.5, 0.6) is 0 Å². The molecule has 6 nitrogen and oxygen atoms in total. The lowest BCUT2D eigenvalue weighted by molar-refractivity contribution is 0.201. The topological polar surface area (TPSA) is 60.0 Å². The summed E-state index contributed by atoms with van der Waals surface area (Å²) in [5.41, 5.74) is 1.79. The maximum absolute atomic E-state index is 5.83. The minimum atomic E-state index is 0.474. The molecule has 0 amide bonds. The van der Waals surface area contributed by atoms with Crippen LogP contribution in [-0.2, 0) is 13.1 Å². The monoisotopic (exact) mass is 283 g/mol. The number of rotatable bonds is 4. The fourth-order valence-electron chi connectivity index (χ4n) is 3.01. The van der Waals surface area contributed by atoms with E-state index < -0.39 is 0 Å². The van der Waals surface area contributed by atoms with E-state index in [2.05, 4.69) is 20.0 Å². The van der Waals surface area contributed by atoms with Crippen LogP contribution in [0.1, 0.15) is 18.7 Å². The first-order chi connectivity index (χ1) is 10.4. The van der Waals surface area contributed by atoms with Crippen molar-refractivity contribution in [1.82, 2.24) is 24.6 Å². The van der Waals surface area contributed by atoms with Gasteiger partial charge in [0.05, 0.1) is 13.1 Å². The Hall–Kier alpha value is -2.21. The lowest BCUT2D eigenvalue weighted by atomic mass is 10.2. The van der Waals surface area contributed by atoms with Crippen LogP contribution >= 0.6 is 0 Å². The summed E-state index contributed by atoms with van der Waals surface area (Å²) in [6.45, 7) is 2.71. The molecule has 1 fully saturated rings. The van der Waals surface area contributed by atoms with Gasteiger partial charge in [0, 0.05) is 6.04 Å². The van der Waals surface area contributed by atoms with Crippen molar-refractivity contribution in [2.75, 3.05) is 6.54 Å².